The molecule has 2 rings (SSSR count). The van der Waals surface area contributed by atoms with Gasteiger partial charge in [0.2, 0.25) is 0 Å². The van der Waals surface area contributed by atoms with E-state index < -0.39 is 11.6 Å². The highest BCUT2D eigenvalue weighted by atomic mass is 35.5. The van der Waals surface area contributed by atoms with Crippen molar-refractivity contribution in [3.8, 4) is 11.8 Å². The van der Waals surface area contributed by atoms with Gasteiger partial charge in [0.05, 0.1) is 16.8 Å². The van der Waals surface area contributed by atoms with Gasteiger partial charge in [-0.2, -0.15) is 0 Å². The van der Waals surface area contributed by atoms with Crippen LogP contribution in [-0.4, -0.2) is 22.9 Å². The van der Waals surface area contributed by atoms with Crippen LogP contribution in [0.2, 0.25) is 5.02 Å². The van der Waals surface area contributed by atoms with Crippen LogP contribution in [0.1, 0.15) is 35.3 Å². The molecule has 0 saturated heterocycles. The molecule has 0 amide bonds. The summed E-state index contributed by atoms with van der Waals surface area (Å²) in [7, 11) is 0. The molecule has 0 aliphatic carbocycles. The molecule has 0 bridgehead atoms. The summed E-state index contributed by atoms with van der Waals surface area (Å²) in [5.41, 5.74) is 0.735. The lowest BCUT2D eigenvalue weighted by Gasteiger charge is -2.05. The maximum Gasteiger partial charge on any atom is 0.367 e. The number of carbonyl (C=O) groups is 1. The SMILES string of the molecule is CC(C)(O)C#Cc1ccc(/C=N\OC(=O)c2ccccc2Cl)cc1. The van der Waals surface area contributed by atoms with E-state index in [0.717, 1.165) is 11.1 Å². The molecule has 122 valence electrons. The first-order chi connectivity index (χ1) is 11.3. The maximum absolute atomic E-state index is 11.8. The predicted molar refractivity (Wildman–Crippen MR) is 94.1 cm³/mol. The molecule has 2 aromatic carbocycles. The van der Waals surface area contributed by atoms with Crippen molar-refractivity contribution in [2.45, 2.75) is 19.4 Å². The normalized spacial score (nSPS) is 11.0. The number of hydrogen-bond acceptors (Lipinski definition) is 4. The van der Waals surface area contributed by atoms with Gasteiger partial charge in [-0.25, -0.2) is 4.79 Å². The van der Waals surface area contributed by atoms with Crippen molar-refractivity contribution in [2.24, 2.45) is 5.16 Å². The van der Waals surface area contributed by atoms with E-state index in [1.54, 1.807) is 62.4 Å². The molecule has 0 aliphatic rings. The first-order valence-corrected chi connectivity index (χ1v) is 7.58. The zero-order valence-corrected chi connectivity index (χ0v) is 14.0. The molecule has 0 fully saturated rings. The monoisotopic (exact) mass is 341 g/mol. The Hall–Kier alpha value is -2.61. The molecule has 5 heteroatoms. The molecule has 24 heavy (non-hydrogen) atoms. The maximum atomic E-state index is 11.8. The molecule has 0 radical (unpaired) electrons. The number of benzene rings is 2. The summed E-state index contributed by atoms with van der Waals surface area (Å²) in [6.07, 6.45) is 1.42. The van der Waals surface area contributed by atoms with Gasteiger partial charge < -0.3 is 9.94 Å². The van der Waals surface area contributed by atoms with Gasteiger partial charge in [-0.15, -0.1) is 0 Å². The van der Waals surface area contributed by atoms with Crippen molar-refractivity contribution in [1.82, 2.24) is 0 Å². The van der Waals surface area contributed by atoms with Crippen LogP contribution in [0.5, 0.6) is 0 Å². The van der Waals surface area contributed by atoms with E-state index >= 15 is 0 Å². The van der Waals surface area contributed by atoms with Gasteiger partial charge in [-0.1, -0.05) is 52.9 Å². The van der Waals surface area contributed by atoms with Crippen LogP contribution in [0.4, 0.5) is 0 Å². The molecule has 0 spiro atoms. The molecular formula is C19H16ClNO3. The Labute approximate surface area is 145 Å². The molecule has 0 heterocycles. The summed E-state index contributed by atoms with van der Waals surface area (Å²) >= 11 is 5.91. The smallest absolute Gasteiger partial charge is 0.367 e. The van der Waals surface area contributed by atoms with E-state index in [9.17, 15) is 9.90 Å². The van der Waals surface area contributed by atoms with Crippen molar-refractivity contribution in [2.75, 3.05) is 0 Å². The summed E-state index contributed by atoms with van der Waals surface area (Å²) in [5.74, 6) is 4.98. The standard InChI is InChI=1S/C19H16ClNO3/c1-19(2,23)12-11-14-7-9-15(10-8-14)13-21-24-18(22)16-5-3-4-6-17(16)20/h3-10,13,23H,1-2H3/b21-13-. The van der Waals surface area contributed by atoms with Crippen LogP contribution >= 0.6 is 11.6 Å². The van der Waals surface area contributed by atoms with Crippen molar-refractivity contribution in [3.63, 3.8) is 0 Å². The molecule has 0 saturated carbocycles. The predicted octanol–water partition coefficient (Wildman–Crippen LogP) is 3.65. The molecule has 0 unspecified atom stereocenters. The van der Waals surface area contributed by atoms with Gasteiger partial charge in [0, 0.05) is 5.56 Å². The van der Waals surface area contributed by atoms with E-state index in [2.05, 4.69) is 17.0 Å². The zero-order valence-electron chi connectivity index (χ0n) is 13.3. The highest BCUT2D eigenvalue weighted by molar-refractivity contribution is 6.33. The lowest BCUT2D eigenvalue weighted by atomic mass is 10.1. The van der Waals surface area contributed by atoms with Crippen LogP contribution in [0, 0.1) is 11.8 Å². The number of halogens is 1. The van der Waals surface area contributed by atoms with E-state index in [-0.39, 0.29) is 5.56 Å². The second-order valence-corrected chi connectivity index (χ2v) is 5.93. The first kappa shape index (κ1) is 17.7. The number of carbonyl (C=O) groups excluding carboxylic acids is 1. The molecule has 0 aromatic heterocycles. The van der Waals surface area contributed by atoms with Crippen molar-refractivity contribution in [1.29, 1.82) is 0 Å². The van der Waals surface area contributed by atoms with Crippen molar-refractivity contribution >= 4 is 23.8 Å². The molecule has 2 aromatic rings. The summed E-state index contributed by atoms with van der Waals surface area (Å²) in [4.78, 5) is 16.6. The summed E-state index contributed by atoms with van der Waals surface area (Å²) in [5, 5.41) is 13.5. The second kappa shape index (κ2) is 7.78. The highest BCUT2D eigenvalue weighted by Crippen LogP contribution is 2.15. The average Bonchev–Trinajstić information content (AvgIpc) is 2.53. The average molecular weight is 342 g/mol. The van der Waals surface area contributed by atoms with E-state index in [1.807, 2.05) is 0 Å². The van der Waals surface area contributed by atoms with E-state index in [4.69, 9.17) is 16.4 Å². The topological polar surface area (TPSA) is 58.9 Å². The fraction of sp³-hybridized carbons (Fsp3) is 0.158. The number of oxime groups is 1. The fourth-order valence-electron chi connectivity index (χ4n) is 1.69. The van der Waals surface area contributed by atoms with Crippen molar-refractivity contribution < 1.29 is 14.7 Å². The molecule has 4 nitrogen and oxygen atoms in total. The van der Waals surface area contributed by atoms with Crippen LogP contribution < -0.4 is 0 Å². The van der Waals surface area contributed by atoms with Crippen LogP contribution in [-0.2, 0) is 4.84 Å². The highest BCUT2D eigenvalue weighted by Gasteiger charge is 2.10. The lowest BCUT2D eigenvalue weighted by molar-refractivity contribution is 0.0519. The second-order valence-electron chi connectivity index (χ2n) is 5.52. The van der Waals surface area contributed by atoms with Crippen molar-refractivity contribution in [3.05, 3.63) is 70.2 Å². The van der Waals surface area contributed by atoms with E-state index in [0.29, 0.717) is 5.02 Å². The van der Waals surface area contributed by atoms with Gasteiger partial charge in [0.1, 0.15) is 5.60 Å². The Balaban J connectivity index is 1.98. The minimum atomic E-state index is -1.03. The van der Waals surface area contributed by atoms with Gasteiger partial charge in [0.25, 0.3) is 0 Å². The summed E-state index contributed by atoms with van der Waals surface area (Å²) in [6, 6.07) is 13.7. The van der Waals surface area contributed by atoms with Crippen LogP contribution in [0.15, 0.2) is 53.7 Å². The molecule has 0 atom stereocenters. The summed E-state index contributed by atoms with van der Waals surface area (Å²) in [6.45, 7) is 3.24. The molecule has 1 N–H and O–H groups in total. The fourth-order valence-corrected chi connectivity index (χ4v) is 1.90. The molecular weight excluding hydrogens is 326 g/mol. The van der Waals surface area contributed by atoms with E-state index in [1.165, 1.54) is 6.21 Å². The zero-order chi connectivity index (χ0) is 17.6. The van der Waals surface area contributed by atoms with Gasteiger partial charge in [0.15, 0.2) is 0 Å². The Kier molecular flexibility index (Phi) is 5.75. The quantitative estimate of drug-likeness (QED) is 0.401. The van der Waals surface area contributed by atoms with Crippen LogP contribution in [0.3, 0.4) is 0 Å². The first-order valence-electron chi connectivity index (χ1n) is 7.20. The Morgan fingerprint density at radius 2 is 1.88 bits per heavy atom. The minimum Gasteiger partial charge on any atom is -0.378 e. The molecule has 0 aliphatic heterocycles. The van der Waals surface area contributed by atoms with Gasteiger partial charge in [-0.05, 0) is 43.7 Å². The number of aliphatic hydroxyl groups is 1. The van der Waals surface area contributed by atoms with Gasteiger partial charge in [-0.3, -0.25) is 0 Å². The number of rotatable bonds is 3. The number of nitrogens with zero attached hydrogens (tertiary/aromatic N) is 1. The third-order valence-electron chi connectivity index (χ3n) is 2.85. The minimum absolute atomic E-state index is 0.258. The number of hydrogen-bond donors (Lipinski definition) is 1. The Morgan fingerprint density at radius 3 is 2.50 bits per heavy atom. The lowest BCUT2D eigenvalue weighted by Crippen LogP contribution is -2.14. The Bertz CT molecular complexity index is 809. The van der Waals surface area contributed by atoms with Gasteiger partial charge >= 0.3 is 5.97 Å². The van der Waals surface area contributed by atoms with Crippen LogP contribution in [0.25, 0.3) is 0 Å². The third kappa shape index (κ3) is 5.54. The third-order valence-corrected chi connectivity index (χ3v) is 3.18. The summed E-state index contributed by atoms with van der Waals surface area (Å²) < 4.78 is 0. The Morgan fingerprint density at radius 1 is 1.21 bits per heavy atom. The largest absolute Gasteiger partial charge is 0.378 e.